The van der Waals surface area contributed by atoms with E-state index in [0.717, 1.165) is 12.1 Å². The summed E-state index contributed by atoms with van der Waals surface area (Å²) in [5.74, 6) is 0.663. The zero-order valence-electron chi connectivity index (χ0n) is 30.0. The van der Waals surface area contributed by atoms with Crippen LogP contribution in [0.4, 0.5) is 23.3 Å². The average Bonchev–Trinajstić information content (AvgIpc) is 3.14. The first-order valence-corrected chi connectivity index (χ1v) is 18.2. The molecule has 0 saturated carbocycles. The van der Waals surface area contributed by atoms with Crippen LogP contribution in [-0.2, 0) is 20.2 Å². The van der Waals surface area contributed by atoms with Gasteiger partial charge in [0.1, 0.15) is 31.7 Å². The predicted molar refractivity (Wildman–Crippen MR) is 190 cm³/mol. The normalized spacial score (nSPS) is 11.1. The molecule has 0 aliphatic carbocycles. The zero-order chi connectivity index (χ0) is 38.3. The Morgan fingerprint density at radius 2 is 0.875 bits per heavy atom. The molecule has 6 aromatic rings. The first-order chi connectivity index (χ1) is 25.9. The maximum absolute atomic E-state index is 12.4. The van der Waals surface area contributed by atoms with Crippen molar-refractivity contribution < 1.29 is 104 Å². The van der Waals surface area contributed by atoms with E-state index in [1.807, 2.05) is 0 Å². The molecule has 2 aromatic heterocycles. The van der Waals surface area contributed by atoms with E-state index >= 15 is 0 Å². The summed E-state index contributed by atoms with van der Waals surface area (Å²) in [5, 5.41) is 5.58. The summed E-state index contributed by atoms with van der Waals surface area (Å²) in [6.07, 6.45) is 2.35. The minimum absolute atomic E-state index is 0. The number of hydrogen-bond donors (Lipinski definition) is 2. The van der Waals surface area contributed by atoms with Gasteiger partial charge in [-0.15, -0.1) is 9.97 Å². The van der Waals surface area contributed by atoms with Crippen LogP contribution in [0, 0.1) is 0 Å². The number of nitrogens with zero attached hydrogens (tertiary/aromatic N) is 6. The van der Waals surface area contributed by atoms with Crippen molar-refractivity contribution in [2.45, 2.75) is 9.79 Å². The van der Waals surface area contributed by atoms with Crippen molar-refractivity contribution in [1.29, 1.82) is 0 Å². The molecule has 0 aliphatic rings. The maximum Gasteiger partial charge on any atom is 1.00 e. The minimum Gasteiger partial charge on any atom is -0.744 e. The van der Waals surface area contributed by atoms with Crippen molar-refractivity contribution >= 4 is 55.7 Å². The summed E-state index contributed by atoms with van der Waals surface area (Å²) < 4.78 is 95.7. The first-order valence-electron chi connectivity index (χ1n) is 15.3. The number of ether oxygens (including phenoxy) is 4. The van der Waals surface area contributed by atoms with Crippen molar-refractivity contribution in [3.63, 3.8) is 0 Å². The molecular formula is C34H26N8Na2O10S2. The van der Waals surface area contributed by atoms with Crippen LogP contribution in [0.5, 0.6) is 35.5 Å². The third kappa shape index (κ3) is 11.9. The van der Waals surface area contributed by atoms with Gasteiger partial charge >= 0.3 is 83.2 Å². The monoisotopic (exact) mass is 816 g/mol. The molecule has 0 atom stereocenters. The molecule has 0 radical (unpaired) electrons. The van der Waals surface area contributed by atoms with E-state index in [2.05, 4.69) is 40.5 Å². The smallest absolute Gasteiger partial charge is 0.744 e. The average molecular weight is 817 g/mol. The van der Waals surface area contributed by atoms with E-state index in [0.29, 0.717) is 11.5 Å². The second kappa shape index (κ2) is 19.4. The third-order valence-electron chi connectivity index (χ3n) is 6.98. The number of rotatable bonds is 14. The summed E-state index contributed by atoms with van der Waals surface area (Å²) in [4.78, 5) is 23.2. The Hall–Kier alpha value is -4.74. The molecule has 18 nitrogen and oxygen atoms in total. The fraction of sp³-hybridized carbons (Fsp3) is 0.0588. The van der Waals surface area contributed by atoms with Gasteiger partial charge in [0.25, 0.3) is 0 Å². The van der Waals surface area contributed by atoms with Crippen LogP contribution in [0.25, 0.3) is 12.2 Å². The van der Waals surface area contributed by atoms with Gasteiger partial charge < -0.3 is 38.7 Å². The van der Waals surface area contributed by atoms with Gasteiger partial charge in [-0.1, -0.05) is 60.7 Å². The largest absolute Gasteiger partial charge is 1.00 e. The van der Waals surface area contributed by atoms with Gasteiger partial charge in [-0.05, 0) is 59.7 Å². The number of hydrogen-bond acceptors (Lipinski definition) is 18. The summed E-state index contributed by atoms with van der Waals surface area (Å²) in [7, 11) is -7.54. The molecule has 0 amide bonds. The molecule has 0 spiro atoms. The van der Waals surface area contributed by atoms with Crippen molar-refractivity contribution in [2.75, 3.05) is 24.9 Å². The van der Waals surface area contributed by atoms with E-state index < -0.39 is 30.0 Å². The van der Waals surface area contributed by atoms with Crippen molar-refractivity contribution in [2.24, 2.45) is 0 Å². The Morgan fingerprint density at radius 3 is 1.21 bits per heavy atom. The Bertz CT molecular complexity index is 2380. The number of aromatic nitrogens is 6. The molecule has 56 heavy (non-hydrogen) atoms. The standard InChI is InChI=1S/C34H28N8O10S2.2Na/c1-49-31-37-29(39-33(41-31)51-25-9-5-3-6-10-25)35-23-17-15-21(27(19-23)53(43,44)45)13-14-22-16-18-24(20-28(22)54(46,47)48)36-30-38-32(50-2)42-34(40-30)52-26-11-7-4-8-12-26;;/h3-20H,1-2H3,(H,43,44,45)(H,46,47,48)(H,35,37,39,41)(H,36,38,40,42);;/q;2*+1/p-2. The van der Waals surface area contributed by atoms with Gasteiger partial charge in [0.2, 0.25) is 11.9 Å². The SMILES string of the molecule is COc1nc(Nc2ccc(C=Cc3ccc(Nc4nc(OC)nc(Oc5ccccc5)n4)cc3S(=O)(=O)[O-])c(S(=O)(=O)[O-])c2)nc(Oc2ccccc2)n1.[Na+].[Na+]. The van der Waals surface area contributed by atoms with Crippen molar-refractivity contribution in [1.82, 2.24) is 29.9 Å². The van der Waals surface area contributed by atoms with Gasteiger partial charge in [-0.3, -0.25) is 0 Å². The Morgan fingerprint density at radius 1 is 0.518 bits per heavy atom. The van der Waals surface area contributed by atoms with Crippen LogP contribution < -0.4 is 88.7 Å². The van der Waals surface area contributed by atoms with Gasteiger partial charge in [0, 0.05) is 11.4 Å². The number of nitrogens with one attached hydrogen (secondary N) is 2. The Labute approximate surface area is 364 Å². The van der Waals surface area contributed by atoms with Crippen LogP contribution in [0.15, 0.2) is 107 Å². The molecule has 0 saturated heterocycles. The molecule has 0 bridgehead atoms. The van der Waals surface area contributed by atoms with Crippen LogP contribution in [0.1, 0.15) is 11.1 Å². The van der Waals surface area contributed by atoms with E-state index in [4.69, 9.17) is 18.9 Å². The fourth-order valence-electron chi connectivity index (χ4n) is 4.62. The van der Waals surface area contributed by atoms with E-state index in [9.17, 15) is 25.9 Å². The fourth-order valence-corrected chi connectivity index (χ4v) is 6.01. The molecule has 2 heterocycles. The van der Waals surface area contributed by atoms with Crippen molar-refractivity contribution in [3.05, 3.63) is 108 Å². The van der Waals surface area contributed by atoms with Gasteiger partial charge in [0.15, 0.2) is 0 Å². The second-order valence-electron chi connectivity index (χ2n) is 10.7. The quantitative estimate of drug-likeness (QED) is 0.0770. The molecule has 276 valence electrons. The first kappa shape index (κ1) is 44.0. The van der Waals surface area contributed by atoms with E-state index in [1.54, 1.807) is 60.7 Å². The summed E-state index contributed by atoms with van der Waals surface area (Å²) in [6, 6.07) is 24.3. The molecule has 0 aliphatic heterocycles. The third-order valence-corrected chi connectivity index (χ3v) is 8.76. The van der Waals surface area contributed by atoms with Crippen LogP contribution >= 0.6 is 0 Å². The topological polar surface area (TPSA) is 253 Å². The predicted octanol–water partition coefficient (Wildman–Crippen LogP) is -0.868. The number of para-hydroxylation sites is 2. The number of anilines is 4. The molecule has 0 fully saturated rings. The maximum atomic E-state index is 12.4. The second-order valence-corrected chi connectivity index (χ2v) is 13.4. The van der Waals surface area contributed by atoms with Gasteiger partial charge in [0.05, 0.1) is 24.0 Å². The summed E-state index contributed by atoms with van der Waals surface area (Å²) in [6.45, 7) is 0. The molecule has 6 rings (SSSR count). The molecule has 2 N–H and O–H groups in total. The summed E-state index contributed by atoms with van der Waals surface area (Å²) in [5.41, 5.74) is -0.0508. The summed E-state index contributed by atoms with van der Waals surface area (Å²) >= 11 is 0. The van der Waals surface area contributed by atoms with Gasteiger partial charge in [-0.2, -0.15) is 19.9 Å². The molecule has 22 heteroatoms. The van der Waals surface area contributed by atoms with Crippen LogP contribution in [0.2, 0.25) is 0 Å². The molecule has 4 aromatic carbocycles. The molecular weight excluding hydrogens is 791 g/mol. The number of methoxy groups -OCH3 is 2. The zero-order valence-corrected chi connectivity index (χ0v) is 35.6. The van der Waals surface area contributed by atoms with Crippen LogP contribution in [0.3, 0.4) is 0 Å². The van der Waals surface area contributed by atoms with E-state index in [1.165, 1.54) is 50.6 Å². The van der Waals surface area contributed by atoms with E-state index in [-0.39, 0.29) is 118 Å². The Balaban J connectivity index is 0.00000348. The van der Waals surface area contributed by atoms with Crippen molar-refractivity contribution in [3.8, 4) is 35.5 Å². The Kier molecular flexibility index (Phi) is 15.2. The van der Waals surface area contributed by atoms with Gasteiger partial charge in [-0.25, -0.2) is 16.8 Å². The minimum atomic E-state index is -5.10. The van der Waals surface area contributed by atoms with Crippen LogP contribution in [-0.4, -0.2) is 70.1 Å². The number of benzene rings is 4. The molecule has 0 unspecified atom stereocenters.